The van der Waals surface area contributed by atoms with Gasteiger partial charge in [-0.15, -0.1) is 11.3 Å². The molecule has 0 saturated heterocycles. The van der Waals surface area contributed by atoms with Crippen molar-refractivity contribution in [1.29, 1.82) is 5.26 Å². The zero-order chi connectivity index (χ0) is 20.2. The fourth-order valence-corrected chi connectivity index (χ4v) is 4.48. The van der Waals surface area contributed by atoms with Gasteiger partial charge in [-0.05, 0) is 49.4 Å². The van der Waals surface area contributed by atoms with Crippen LogP contribution in [0, 0.1) is 11.3 Å². The summed E-state index contributed by atoms with van der Waals surface area (Å²) in [4.78, 5) is 16.7. The molecule has 0 N–H and O–H groups in total. The SMILES string of the molecule is CCOc1ccc(N(CCC#N)C(=O)c2cc3c(s2)-c2ccccc2OC3)cc1. The molecule has 0 saturated carbocycles. The second-order valence-corrected chi connectivity index (χ2v) is 7.59. The number of carbonyl (C=O) groups is 1. The van der Waals surface area contributed by atoms with Gasteiger partial charge < -0.3 is 14.4 Å². The van der Waals surface area contributed by atoms with E-state index in [0.717, 1.165) is 33.2 Å². The molecule has 5 nitrogen and oxygen atoms in total. The van der Waals surface area contributed by atoms with Gasteiger partial charge in [0.25, 0.3) is 5.91 Å². The molecule has 0 unspecified atom stereocenters. The van der Waals surface area contributed by atoms with Gasteiger partial charge in [0.1, 0.15) is 18.1 Å². The summed E-state index contributed by atoms with van der Waals surface area (Å²) in [5.41, 5.74) is 2.78. The minimum Gasteiger partial charge on any atom is -0.494 e. The van der Waals surface area contributed by atoms with Crippen molar-refractivity contribution < 1.29 is 14.3 Å². The fourth-order valence-electron chi connectivity index (χ4n) is 3.34. The Bertz CT molecular complexity index is 1070. The van der Waals surface area contributed by atoms with E-state index in [1.165, 1.54) is 11.3 Å². The van der Waals surface area contributed by atoms with E-state index in [-0.39, 0.29) is 12.3 Å². The lowest BCUT2D eigenvalue weighted by atomic mass is 10.1. The van der Waals surface area contributed by atoms with E-state index in [1.807, 2.05) is 61.5 Å². The van der Waals surface area contributed by atoms with E-state index in [0.29, 0.717) is 24.6 Å². The zero-order valence-electron chi connectivity index (χ0n) is 16.1. The number of nitriles is 1. The number of ether oxygens (including phenoxy) is 2. The number of benzene rings is 2. The molecule has 0 bridgehead atoms. The molecule has 1 amide bonds. The van der Waals surface area contributed by atoms with Crippen molar-refractivity contribution in [2.45, 2.75) is 20.0 Å². The van der Waals surface area contributed by atoms with Crippen molar-refractivity contribution in [2.75, 3.05) is 18.1 Å². The summed E-state index contributed by atoms with van der Waals surface area (Å²) in [5, 5.41) is 9.05. The third-order valence-corrected chi connectivity index (χ3v) is 5.89. The summed E-state index contributed by atoms with van der Waals surface area (Å²) in [6, 6.07) is 19.3. The first-order valence-corrected chi connectivity index (χ1v) is 10.3. The number of nitrogens with zero attached hydrogens (tertiary/aromatic N) is 2. The molecule has 1 aliphatic heterocycles. The standard InChI is InChI=1S/C23H20N2O3S/c1-2-27-18-10-8-17(9-11-18)25(13-5-12-24)23(26)21-14-16-15-28-20-7-4-3-6-19(20)22(16)29-21/h3-4,6-11,14H,2,5,13,15H2,1H3. The quantitative estimate of drug-likeness (QED) is 0.562. The van der Waals surface area contributed by atoms with Crippen molar-refractivity contribution in [3.63, 3.8) is 0 Å². The van der Waals surface area contributed by atoms with Gasteiger partial charge in [-0.1, -0.05) is 12.1 Å². The van der Waals surface area contributed by atoms with Gasteiger partial charge >= 0.3 is 0 Å². The molecule has 3 aromatic rings. The first-order valence-electron chi connectivity index (χ1n) is 9.48. The highest BCUT2D eigenvalue weighted by Gasteiger charge is 2.25. The third-order valence-electron chi connectivity index (χ3n) is 4.69. The lowest BCUT2D eigenvalue weighted by molar-refractivity contribution is 0.0991. The number of hydrogen-bond acceptors (Lipinski definition) is 5. The number of para-hydroxylation sites is 1. The first kappa shape index (κ1) is 19.0. The minimum atomic E-state index is -0.110. The third kappa shape index (κ3) is 3.82. The first-order chi connectivity index (χ1) is 14.2. The summed E-state index contributed by atoms with van der Waals surface area (Å²) in [6.45, 7) is 3.30. The molecule has 0 atom stereocenters. The van der Waals surface area contributed by atoms with Crippen LogP contribution in [0.15, 0.2) is 54.6 Å². The second kappa shape index (κ2) is 8.38. The Hall–Kier alpha value is -3.30. The Kier molecular flexibility index (Phi) is 5.50. The van der Waals surface area contributed by atoms with Gasteiger partial charge in [0.15, 0.2) is 0 Å². The molecule has 29 heavy (non-hydrogen) atoms. The lowest BCUT2D eigenvalue weighted by Crippen LogP contribution is -2.31. The topological polar surface area (TPSA) is 62.6 Å². The van der Waals surface area contributed by atoms with Crippen LogP contribution in [0.1, 0.15) is 28.6 Å². The van der Waals surface area contributed by atoms with Gasteiger partial charge in [-0.25, -0.2) is 0 Å². The Labute approximate surface area is 173 Å². The molecule has 2 heterocycles. The van der Waals surface area contributed by atoms with Crippen molar-refractivity contribution in [3.05, 3.63) is 65.0 Å². The van der Waals surface area contributed by atoms with Crippen LogP contribution in [0.25, 0.3) is 10.4 Å². The molecular weight excluding hydrogens is 384 g/mol. The smallest absolute Gasteiger partial charge is 0.268 e. The van der Waals surface area contributed by atoms with Crippen molar-refractivity contribution >= 4 is 22.9 Å². The van der Waals surface area contributed by atoms with Gasteiger partial charge in [0, 0.05) is 28.2 Å². The van der Waals surface area contributed by atoms with E-state index in [2.05, 4.69) is 6.07 Å². The number of thiophene rings is 1. The van der Waals surface area contributed by atoms with Gasteiger partial charge in [0.2, 0.25) is 0 Å². The summed E-state index contributed by atoms with van der Waals surface area (Å²) >= 11 is 1.48. The fraction of sp³-hybridized carbons (Fsp3) is 0.217. The van der Waals surface area contributed by atoms with Crippen molar-refractivity contribution in [2.24, 2.45) is 0 Å². The van der Waals surface area contributed by atoms with E-state index in [4.69, 9.17) is 14.7 Å². The Balaban J connectivity index is 1.65. The zero-order valence-corrected chi connectivity index (χ0v) is 16.9. The number of rotatable bonds is 6. The summed E-state index contributed by atoms with van der Waals surface area (Å²) in [7, 11) is 0. The van der Waals surface area contributed by atoms with Crippen LogP contribution in [0.2, 0.25) is 0 Å². The Morgan fingerprint density at radius 3 is 2.79 bits per heavy atom. The molecule has 6 heteroatoms. The molecule has 1 aliphatic rings. The average Bonchev–Trinajstić information content (AvgIpc) is 3.20. The second-order valence-electron chi connectivity index (χ2n) is 6.54. The van der Waals surface area contributed by atoms with Gasteiger partial charge in [0.05, 0.1) is 24.0 Å². The van der Waals surface area contributed by atoms with Crippen LogP contribution < -0.4 is 14.4 Å². The summed E-state index contributed by atoms with van der Waals surface area (Å²) < 4.78 is 11.3. The number of carbonyl (C=O) groups excluding carboxylic acids is 1. The number of amides is 1. The van der Waals surface area contributed by atoms with Crippen LogP contribution in [-0.4, -0.2) is 19.1 Å². The molecule has 146 valence electrons. The molecule has 2 aromatic carbocycles. The van der Waals surface area contributed by atoms with Crippen LogP contribution in [0.4, 0.5) is 5.69 Å². The highest BCUT2D eigenvalue weighted by molar-refractivity contribution is 7.17. The molecular formula is C23H20N2O3S. The number of anilines is 1. The van der Waals surface area contributed by atoms with Gasteiger partial charge in [-0.2, -0.15) is 5.26 Å². The molecule has 0 aliphatic carbocycles. The maximum absolute atomic E-state index is 13.3. The van der Waals surface area contributed by atoms with Crippen LogP contribution in [-0.2, 0) is 6.61 Å². The molecule has 0 spiro atoms. The van der Waals surface area contributed by atoms with Crippen LogP contribution >= 0.6 is 11.3 Å². The van der Waals surface area contributed by atoms with E-state index in [1.54, 1.807) is 4.90 Å². The average molecular weight is 404 g/mol. The normalized spacial score (nSPS) is 11.6. The summed E-state index contributed by atoms with van der Waals surface area (Å²) in [5.74, 6) is 1.49. The Morgan fingerprint density at radius 2 is 2.03 bits per heavy atom. The highest BCUT2D eigenvalue weighted by Crippen LogP contribution is 2.42. The number of hydrogen-bond donors (Lipinski definition) is 0. The molecule has 0 fully saturated rings. The van der Waals surface area contributed by atoms with Crippen molar-refractivity contribution in [1.82, 2.24) is 0 Å². The van der Waals surface area contributed by atoms with Crippen molar-refractivity contribution in [3.8, 4) is 28.0 Å². The molecule has 1 aromatic heterocycles. The largest absolute Gasteiger partial charge is 0.494 e. The van der Waals surface area contributed by atoms with Crippen LogP contribution in [0.3, 0.4) is 0 Å². The maximum Gasteiger partial charge on any atom is 0.268 e. The van der Waals surface area contributed by atoms with E-state index < -0.39 is 0 Å². The molecule has 0 radical (unpaired) electrons. The van der Waals surface area contributed by atoms with Crippen LogP contribution in [0.5, 0.6) is 11.5 Å². The lowest BCUT2D eigenvalue weighted by Gasteiger charge is -2.21. The maximum atomic E-state index is 13.3. The number of fused-ring (bicyclic) bond motifs is 3. The highest BCUT2D eigenvalue weighted by atomic mass is 32.1. The van der Waals surface area contributed by atoms with Gasteiger partial charge in [-0.3, -0.25) is 4.79 Å². The van der Waals surface area contributed by atoms with E-state index >= 15 is 0 Å². The van der Waals surface area contributed by atoms with E-state index in [9.17, 15) is 4.79 Å². The minimum absolute atomic E-state index is 0.110. The summed E-state index contributed by atoms with van der Waals surface area (Å²) in [6.07, 6.45) is 0.260. The molecule has 4 rings (SSSR count). The Morgan fingerprint density at radius 1 is 1.24 bits per heavy atom. The predicted molar refractivity (Wildman–Crippen MR) is 114 cm³/mol. The monoisotopic (exact) mass is 404 g/mol. The predicted octanol–water partition coefficient (Wildman–Crippen LogP) is 5.27.